The molecule has 0 aromatic heterocycles. The molecule has 9 heavy (non-hydrogen) atoms. The van der Waals surface area contributed by atoms with E-state index in [2.05, 4.69) is 4.18 Å². The van der Waals surface area contributed by atoms with Crippen LogP contribution in [0.1, 0.15) is 0 Å². The molecule has 0 aromatic rings. The van der Waals surface area contributed by atoms with Gasteiger partial charge in [-0.05, 0) is 0 Å². The highest BCUT2D eigenvalue weighted by Gasteiger charge is 2.04. The van der Waals surface area contributed by atoms with Crippen LogP contribution in [0.15, 0.2) is 0 Å². The predicted molar refractivity (Wildman–Crippen MR) is 29.0 cm³/mol. The summed E-state index contributed by atoms with van der Waals surface area (Å²) in [4.78, 5) is 0. The molecule has 56 valence electrons. The first-order valence-electron chi connectivity index (χ1n) is 2.12. The minimum atomic E-state index is -3.54. The van der Waals surface area contributed by atoms with Gasteiger partial charge in [-0.2, -0.15) is 8.42 Å². The second-order valence-corrected chi connectivity index (χ2v) is 3.11. The van der Waals surface area contributed by atoms with Gasteiger partial charge >= 0.3 is 0 Å². The van der Waals surface area contributed by atoms with Gasteiger partial charge in [0.2, 0.25) is 0 Å². The fourth-order valence-electron chi connectivity index (χ4n) is 0.184. The highest BCUT2D eigenvalue weighted by molar-refractivity contribution is 7.85. The minimum absolute atomic E-state index is 0.612. The van der Waals surface area contributed by atoms with Crippen LogP contribution in [0.25, 0.3) is 0 Å². The van der Waals surface area contributed by atoms with Gasteiger partial charge in [-0.25, -0.2) is 0 Å². The molecule has 0 amide bonds. The summed E-state index contributed by atoms with van der Waals surface area (Å²) in [6, 6.07) is 0. The Kier molecular flexibility index (Phi) is 3.06. The fraction of sp³-hybridized carbons (Fsp3) is 1.00. The zero-order valence-corrected chi connectivity index (χ0v) is 5.63. The summed E-state index contributed by atoms with van der Waals surface area (Å²) in [5, 5.41) is 16.2. The molecule has 0 unspecified atom stereocenters. The number of hydrogen-bond donors (Lipinski definition) is 2. The van der Waals surface area contributed by atoms with E-state index in [-0.39, 0.29) is 0 Å². The molecule has 0 radical (unpaired) electrons. The van der Waals surface area contributed by atoms with Crippen molar-refractivity contribution in [2.75, 3.05) is 12.9 Å². The number of aliphatic hydroxyl groups excluding tert-OH is 1. The molecule has 0 saturated carbocycles. The average Bonchev–Trinajstić information content (AvgIpc) is 1.59. The molecule has 0 rings (SSSR count). The molecule has 6 heteroatoms. The third-order valence-electron chi connectivity index (χ3n) is 0.431. The lowest BCUT2D eigenvalue weighted by Gasteiger charge is -2.00. The largest absolute Gasteiger partial charge is 0.366 e. The lowest BCUT2D eigenvalue weighted by Crippen LogP contribution is -2.16. The van der Waals surface area contributed by atoms with Crippen LogP contribution < -0.4 is 0 Å². The monoisotopic (exact) mass is 156 g/mol. The maximum absolute atomic E-state index is 10.1. The second-order valence-electron chi connectivity index (χ2n) is 1.47. The van der Waals surface area contributed by atoms with Crippen molar-refractivity contribution in [3.63, 3.8) is 0 Å². The van der Waals surface area contributed by atoms with Crippen molar-refractivity contribution in [1.29, 1.82) is 0 Å². The van der Waals surface area contributed by atoms with Crippen LogP contribution in [-0.4, -0.2) is 37.8 Å². The van der Waals surface area contributed by atoms with Crippen LogP contribution in [0.3, 0.4) is 0 Å². The zero-order valence-electron chi connectivity index (χ0n) is 4.81. The Bertz CT molecular complexity index is 157. The molecular weight excluding hydrogens is 148 g/mol. The molecule has 0 spiro atoms. The molecule has 0 heterocycles. The normalized spacial score (nSPS) is 12.4. The van der Waals surface area contributed by atoms with Gasteiger partial charge in [0, 0.05) is 0 Å². The van der Waals surface area contributed by atoms with E-state index in [1.54, 1.807) is 0 Å². The standard InChI is InChI=1S/C3H8O5S/c1-9(6,7)8-2-3(4)5/h3-5H,2H2,1H3. The molecule has 0 bridgehead atoms. The first-order valence-corrected chi connectivity index (χ1v) is 3.94. The predicted octanol–water partition coefficient (Wildman–Crippen LogP) is -1.73. The third kappa shape index (κ3) is 7.83. The van der Waals surface area contributed by atoms with Crippen LogP contribution in [0.2, 0.25) is 0 Å². The Morgan fingerprint density at radius 2 is 2.00 bits per heavy atom. The minimum Gasteiger partial charge on any atom is -0.366 e. The third-order valence-corrected chi connectivity index (χ3v) is 0.995. The first kappa shape index (κ1) is 8.83. The second kappa shape index (κ2) is 3.11. The van der Waals surface area contributed by atoms with Crippen LogP contribution >= 0.6 is 0 Å². The maximum atomic E-state index is 10.1. The van der Waals surface area contributed by atoms with Crippen molar-refractivity contribution in [2.24, 2.45) is 0 Å². The van der Waals surface area contributed by atoms with Crippen molar-refractivity contribution in [3.8, 4) is 0 Å². The molecule has 0 fully saturated rings. The molecule has 2 N–H and O–H groups in total. The van der Waals surface area contributed by atoms with Gasteiger partial charge in [-0.15, -0.1) is 0 Å². The number of hydrogen-bond acceptors (Lipinski definition) is 5. The Morgan fingerprint density at radius 3 is 2.11 bits per heavy atom. The molecule has 0 saturated heterocycles. The van der Waals surface area contributed by atoms with Crippen molar-refractivity contribution >= 4 is 10.1 Å². The topological polar surface area (TPSA) is 83.8 Å². The zero-order chi connectivity index (χ0) is 7.49. The first-order chi connectivity index (χ1) is 3.92. The molecule has 0 aliphatic heterocycles. The van der Waals surface area contributed by atoms with Crippen molar-refractivity contribution in [1.82, 2.24) is 0 Å². The highest BCUT2D eigenvalue weighted by Crippen LogP contribution is 1.86. The van der Waals surface area contributed by atoms with Crippen molar-refractivity contribution < 1.29 is 22.8 Å². The van der Waals surface area contributed by atoms with Gasteiger partial charge in [-0.1, -0.05) is 0 Å². The van der Waals surface area contributed by atoms with E-state index < -0.39 is 23.0 Å². The Balaban J connectivity index is 3.53. The highest BCUT2D eigenvalue weighted by atomic mass is 32.2. The van der Waals surface area contributed by atoms with Gasteiger partial charge in [0.15, 0.2) is 6.29 Å². The quantitative estimate of drug-likeness (QED) is 0.375. The van der Waals surface area contributed by atoms with Gasteiger partial charge in [0.1, 0.15) is 6.61 Å². The Hall–Kier alpha value is -0.170. The van der Waals surface area contributed by atoms with E-state index in [0.29, 0.717) is 0 Å². The summed E-state index contributed by atoms with van der Waals surface area (Å²) >= 11 is 0. The lowest BCUT2D eigenvalue weighted by atomic mass is 10.7. The van der Waals surface area contributed by atoms with Crippen molar-refractivity contribution in [3.05, 3.63) is 0 Å². The summed E-state index contributed by atoms with van der Waals surface area (Å²) in [7, 11) is -3.54. The van der Waals surface area contributed by atoms with Crippen LogP contribution in [-0.2, 0) is 14.3 Å². The van der Waals surface area contributed by atoms with E-state index in [1.165, 1.54) is 0 Å². The van der Waals surface area contributed by atoms with E-state index in [0.717, 1.165) is 6.26 Å². The number of aliphatic hydroxyl groups is 2. The van der Waals surface area contributed by atoms with E-state index in [1.807, 2.05) is 0 Å². The van der Waals surface area contributed by atoms with Crippen molar-refractivity contribution in [2.45, 2.75) is 6.29 Å². The van der Waals surface area contributed by atoms with Gasteiger partial charge < -0.3 is 10.2 Å². The Labute approximate surface area is 53.0 Å². The fourth-order valence-corrected chi connectivity index (χ4v) is 0.553. The van der Waals surface area contributed by atoms with Gasteiger partial charge in [0.05, 0.1) is 6.26 Å². The number of rotatable bonds is 3. The summed E-state index contributed by atoms with van der Waals surface area (Å²) in [5.41, 5.74) is 0. The molecule has 5 nitrogen and oxygen atoms in total. The molecular formula is C3H8O5S. The van der Waals surface area contributed by atoms with Gasteiger partial charge in [0.25, 0.3) is 10.1 Å². The molecule has 0 atom stereocenters. The van der Waals surface area contributed by atoms with Crippen LogP contribution in [0, 0.1) is 0 Å². The van der Waals surface area contributed by atoms with E-state index in [9.17, 15) is 8.42 Å². The summed E-state index contributed by atoms with van der Waals surface area (Å²) < 4.78 is 24.1. The molecule has 0 aliphatic rings. The SMILES string of the molecule is CS(=O)(=O)OCC(O)O. The van der Waals surface area contributed by atoms with E-state index in [4.69, 9.17) is 10.2 Å². The summed E-state index contributed by atoms with van der Waals surface area (Å²) in [6.45, 7) is -0.612. The molecule has 0 aliphatic carbocycles. The molecule has 0 aromatic carbocycles. The van der Waals surface area contributed by atoms with E-state index >= 15 is 0 Å². The van der Waals surface area contributed by atoms with Crippen LogP contribution in [0.5, 0.6) is 0 Å². The Morgan fingerprint density at radius 1 is 1.56 bits per heavy atom. The average molecular weight is 156 g/mol. The maximum Gasteiger partial charge on any atom is 0.264 e. The van der Waals surface area contributed by atoms with Crippen LogP contribution in [0.4, 0.5) is 0 Å². The van der Waals surface area contributed by atoms with Gasteiger partial charge in [-0.3, -0.25) is 4.18 Å². The lowest BCUT2D eigenvalue weighted by molar-refractivity contribution is -0.0667. The summed E-state index contributed by atoms with van der Waals surface area (Å²) in [5.74, 6) is 0. The summed E-state index contributed by atoms with van der Waals surface area (Å²) in [6.07, 6.45) is -0.908. The smallest absolute Gasteiger partial charge is 0.264 e.